The van der Waals surface area contributed by atoms with Gasteiger partial charge in [-0.15, -0.1) is 0 Å². The number of rotatable bonds is 7. The van der Waals surface area contributed by atoms with Crippen molar-refractivity contribution in [3.8, 4) is 6.07 Å². The van der Waals surface area contributed by atoms with Gasteiger partial charge in [0.25, 0.3) is 0 Å². The topological polar surface area (TPSA) is 112 Å². The van der Waals surface area contributed by atoms with E-state index < -0.39 is 46.9 Å². The molecule has 2 aromatic carbocycles. The summed E-state index contributed by atoms with van der Waals surface area (Å²) in [5, 5.41) is 30.8. The fourth-order valence-corrected chi connectivity index (χ4v) is 5.88. The van der Waals surface area contributed by atoms with Gasteiger partial charge in [0.1, 0.15) is 17.0 Å². The van der Waals surface area contributed by atoms with Crippen LogP contribution in [-0.4, -0.2) is 38.9 Å². The Labute approximate surface area is 253 Å². The number of amides is 1. The van der Waals surface area contributed by atoms with Crippen LogP contribution in [0.2, 0.25) is 10.0 Å². The van der Waals surface area contributed by atoms with Crippen molar-refractivity contribution in [1.29, 1.82) is 5.26 Å². The molecule has 12 heteroatoms. The first-order valence-corrected chi connectivity index (χ1v) is 14.1. The number of hydrogen-bond acceptors (Lipinski definition) is 6. The number of aliphatic hydroxyl groups is 1. The Morgan fingerprint density at radius 2 is 1.93 bits per heavy atom. The van der Waals surface area contributed by atoms with Crippen molar-refractivity contribution in [2.45, 2.75) is 76.8 Å². The Morgan fingerprint density at radius 3 is 2.55 bits per heavy atom. The molecule has 3 N–H and O–H groups in total. The maximum Gasteiger partial charge on any atom is 0.414 e. The van der Waals surface area contributed by atoms with E-state index in [2.05, 4.69) is 21.8 Å². The first-order chi connectivity index (χ1) is 19.5. The maximum absolute atomic E-state index is 15.7. The Bertz CT molecular complexity index is 1510. The molecule has 2 heterocycles. The number of nitrogens with zero attached hydrogens (tertiary/aromatic N) is 3. The van der Waals surface area contributed by atoms with Gasteiger partial charge in [0.2, 0.25) is 0 Å². The minimum atomic E-state index is -1.74. The van der Waals surface area contributed by atoms with E-state index in [4.69, 9.17) is 27.9 Å². The van der Waals surface area contributed by atoms with Crippen molar-refractivity contribution in [3.63, 3.8) is 0 Å². The molecule has 1 fully saturated rings. The molecule has 0 aliphatic carbocycles. The molecule has 0 spiro atoms. The molecule has 0 unspecified atom stereocenters. The zero-order valence-corrected chi connectivity index (χ0v) is 25.4. The number of halogens is 4. The van der Waals surface area contributed by atoms with E-state index in [1.54, 1.807) is 20.0 Å². The zero-order chi connectivity index (χ0) is 31.0. The van der Waals surface area contributed by atoms with Crippen molar-refractivity contribution in [3.05, 3.63) is 81.5 Å². The van der Waals surface area contributed by atoms with Crippen molar-refractivity contribution in [1.82, 2.24) is 15.1 Å². The van der Waals surface area contributed by atoms with Crippen molar-refractivity contribution >= 4 is 35.1 Å². The van der Waals surface area contributed by atoms with Gasteiger partial charge in [-0.05, 0) is 49.4 Å². The summed E-state index contributed by atoms with van der Waals surface area (Å²) >= 11 is 12.2. The summed E-state index contributed by atoms with van der Waals surface area (Å²) in [4.78, 5) is 13.2. The first-order valence-electron chi connectivity index (χ1n) is 13.3. The van der Waals surface area contributed by atoms with Crippen LogP contribution in [0, 0.1) is 28.4 Å². The summed E-state index contributed by atoms with van der Waals surface area (Å²) in [6, 6.07) is 11.3. The first kappa shape index (κ1) is 31.7. The van der Waals surface area contributed by atoms with E-state index >= 15 is 8.78 Å². The predicted molar refractivity (Wildman–Crippen MR) is 156 cm³/mol. The summed E-state index contributed by atoms with van der Waals surface area (Å²) in [5.41, 5.74) is -3.19. The fraction of sp³-hybridized carbons (Fsp3) is 0.433. The van der Waals surface area contributed by atoms with Crippen molar-refractivity contribution in [2.24, 2.45) is 5.41 Å². The van der Waals surface area contributed by atoms with Gasteiger partial charge in [0, 0.05) is 28.9 Å². The van der Waals surface area contributed by atoms with Crippen LogP contribution in [0.1, 0.15) is 58.1 Å². The van der Waals surface area contributed by atoms with Gasteiger partial charge >= 0.3 is 6.09 Å². The molecule has 3 aromatic rings. The standard InChI is InChI=1S/C30H33Cl2F2N5O3/c1-28(2,3)14-22-30(15-35,19-10-9-17(31)13-21(19)33)24(18-7-6-8-20(32)25(18)34)26(36-22)42-27(40)37-23-11-12-39(38-23)16-29(4,5)41/h6-13,22,24,26,36,41H,14,16H2,1-5H3,(H,37,38,40)/t22-,24-,26+,30-/m1/s1. The summed E-state index contributed by atoms with van der Waals surface area (Å²) < 4.78 is 38.6. The highest BCUT2D eigenvalue weighted by Gasteiger charge is 2.61. The van der Waals surface area contributed by atoms with Gasteiger partial charge in [0.15, 0.2) is 12.0 Å². The molecular formula is C30H33Cl2F2N5O3. The molecule has 1 saturated heterocycles. The molecule has 0 radical (unpaired) electrons. The van der Waals surface area contributed by atoms with Gasteiger partial charge in [-0.2, -0.15) is 10.4 Å². The van der Waals surface area contributed by atoms with E-state index in [-0.39, 0.29) is 38.9 Å². The maximum atomic E-state index is 15.7. The lowest BCUT2D eigenvalue weighted by atomic mass is 9.63. The second-order valence-corrected chi connectivity index (χ2v) is 13.2. The van der Waals surface area contributed by atoms with Gasteiger partial charge < -0.3 is 9.84 Å². The van der Waals surface area contributed by atoms with Gasteiger partial charge in [0.05, 0.1) is 29.2 Å². The molecule has 8 nitrogen and oxygen atoms in total. The monoisotopic (exact) mass is 619 g/mol. The average Bonchev–Trinajstić information content (AvgIpc) is 3.40. The van der Waals surface area contributed by atoms with Crippen LogP contribution >= 0.6 is 23.2 Å². The highest BCUT2D eigenvalue weighted by atomic mass is 35.5. The Morgan fingerprint density at radius 1 is 1.21 bits per heavy atom. The Balaban J connectivity index is 1.80. The van der Waals surface area contributed by atoms with Crippen LogP contribution in [-0.2, 0) is 16.7 Å². The zero-order valence-electron chi connectivity index (χ0n) is 23.9. The smallest absolute Gasteiger partial charge is 0.414 e. The highest BCUT2D eigenvalue weighted by Crippen LogP contribution is 2.53. The quantitative estimate of drug-likeness (QED) is 0.269. The minimum absolute atomic E-state index is 0.0163. The van der Waals surface area contributed by atoms with Crippen LogP contribution in [0.5, 0.6) is 0 Å². The number of nitrogens with one attached hydrogen (secondary N) is 2. The lowest BCUT2D eigenvalue weighted by Gasteiger charge is -2.37. The summed E-state index contributed by atoms with van der Waals surface area (Å²) in [6.45, 7) is 9.28. The molecular weight excluding hydrogens is 587 g/mol. The second-order valence-electron chi connectivity index (χ2n) is 12.4. The number of benzene rings is 2. The number of hydrogen-bond donors (Lipinski definition) is 3. The van der Waals surface area contributed by atoms with Crippen molar-refractivity contribution in [2.75, 3.05) is 5.32 Å². The molecule has 0 bridgehead atoms. The van der Waals surface area contributed by atoms with Gasteiger partial charge in [-0.1, -0.05) is 62.2 Å². The third-order valence-corrected chi connectivity index (χ3v) is 7.58. The van der Waals surface area contributed by atoms with E-state index in [0.717, 1.165) is 6.07 Å². The van der Waals surface area contributed by atoms with Crippen LogP contribution in [0.4, 0.5) is 19.4 Å². The van der Waals surface area contributed by atoms with Crippen LogP contribution < -0.4 is 10.6 Å². The molecule has 0 saturated carbocycles. The Kier molecular flexibility index (Phi) is 8.91. The largest absolute Gasteiger partial charge is 0.429 e. The van der Waals surface area contributed by atoms with Gasteiger partial charge in [-0.3, -0.25) is 15.3 Å². The lowest BCUT2D eigenvalue weighted by Crippen LogP contribution is -2.44. The number of anilines is 1. The molecule has 42 heavy (non-hydrogen) atoms. The van der Waals surface area contributed by atoms with Crippen LogP contribution in [0.15, 0.2) is 48.7 Å². The molecule has 1 aromatic heterocycles. The number of nitriles is 1. The van der Waals surface area contributed by atoms with E-state index in [1.807, 2.05) is 20.8 Å². The van der Waals surface area contributed by atoms with Crippen LogP contribution in [0.3, 0.4) is 0 Å². The molecule has 224 valence electrons. The summed E-state index contributed by atoms with van der Waals surface area (Å²) in [7, 11) is 0. The number of aromatic nitrogens is 2. The fourth-order valence-electron chi connectivity index (χ4n) is 5.53. The third-order valence-electron chi connectivity index (χ3n) is 7.06. The van der Waals surface area contributed by atoms with E-state index in [9.17, 15) is 15.2 Å². The normalized spacial score (nSPS) is 22.5. The van der Waals surface area contributed by atoms with Crippen molar-refractivity contribution < 1.29 is 23.4 Å². The molecule has 1 aliphatic rings. The molecule has 4 atom stereocenters. The summed E-state index contributed by atoms with van der Waals surface area (Å²) in [5.74, 6) is -2.63. The number of carbonyl (C=O) groups is 1. The number of ether oxygens (including phenoxy) is 1. The molecule has 1 aliphatic heterocycles. The third kappa shape index (κ3) is 6.70. The number of carbonyl (C=O) groups excluding carboxylic acids is 1. The lowest BCUT2D eigenvalue weighted by molar-refractivity contribution is 0.0578. The molecule has 1 amide bonds. The van der Waals surface area contributed by atoms with E-state index in [1.165, 1.54) is 41.1 Å². The predicted octanol–water partition coefficient (Wildman–Crippen LogP) is 6.77. The highest BCUT2D eigenvalue weighted by molar-refractivity contribution is 6.31. The molecule has 4 rings (SSSR count). The Hall–Kier alpha value is -3.23. The summed E-state index contributed by atoms with van der Waals surface area (Å²) in [6.07, 6.45) is -0.300. The average molecular weight is 621 g/mol. The second kappa shape index (κ2) is 11.8. The van der Waals surface area contributed by atoms with Gasteiger partial charge in [-0.25, -0.2) is 13.6 Å². The minimum Gasteiger partial charge on any atom is -0.429 e. The van der Waals surface area contributed by atoms with Crippen LogP contribution in [0.25, 0.3) is 0 Å². The SMILES string of the molecule is CC(C)(C)C[C@H]1N[C@@H](OC(=O)Nc2ccn(CC(C)(C)O)n2)[C@@H](c2cccc(Cl)c2F)[C@]1(C#N)c1ccc(Cl)cc1F. The van der Waals surface area contributed by atoms with E-state index in [0.29, 0.717) is 6.42 Å².